The molecule has 1 unspecified atom stereocenters. The average molecular weight is 307 g/mol. The maximum absolute atomic E-state index is 11.7. The highest BCUT2D eigenvalue weighted by molar-refractivity contribution is 6.48. The molecule has 120 valence electrons. The fourth-order valence-corrected chi connectivity index (χ4v) is 2.34. The highest BCUT2D eigenvalue weighted by atomic mass is 16.7. The van der Waals surface area contributed by atoms with Gasteiger partial charge in [-0.2, -0.15) is 0 Å². The van der Waals surface area contributed by atoms with Crippen molar-refractivity contribution in [2.45, 2.75) is 51.1 Å². The molecule has 1 fully saturated rings. The summed E-state index contributed by atoms with van der Waals surface area (Å²) in [6.45, 7) is 7.81. The van der Waals surface area contributed by atoms with Gasteiger partial charge in [-0.05, 0) is 33.3 Å². The van der Waals surface area contributed by atoms with Crippen LogP contribution >= 0.6 is 0 Å². The van der Waals surface area contributed by atoms with E-state index in [0.29, 0.717) is 0 Å². The molecule has 1 aromatic heterocycles. The topological polar surface area (TPSA) is 77.6 Å². The van der Waals surface area contributed by atoms with Crippen LogP contribution in [0.5, 0.6) is 0 Å². The Morgan fingerprint density at radius 1 is 1.27 bits per heavy atom. The summed E-state index contributed by atoms with van der Waals surface area (Å²) >= 11 is 0. The Balaban J connectivity index is 2.31. The molecule has 1 aliphatic heterocycles. The molecule has 0 saturated carbocycles. The lowest BCUT2D eigenvalue weighted by Gasteiger charge is -2.32. The number of H-pyrrole nitrogens is 1. The summed E-state index contributed by atoms with van der Waals surface area (Å²) in [4.78, 5) is 25.6. The number of rotatable bonds is 4. The Kier molecular flexibility index (Phi) is 4.49. The van der Waals surface area contributed by atoms with E-state index in [-0.39, 0.29) is 23.8 Å². The fraction of sp³-hybridized carbons (Fsp3) is 0.600. The third kappa shape index (κ3) is 3.25. The molecular weight excluding hydrogens is 285 g/mol. The highest BCUT2D eigenvalue weighted by Crippen LogP contribution is 2.41. The van der Waals surface area contributed by atoms with Crippen LogP contribution in [0.3, 0.4) is 0 Å². The number of aromatic amines is 1. The Morgan fingerprint density at radius 2 is 1.86 bits per heavy atom. The second kappa shape index (κ2) is 5.89. The minimum Gasteiger partial charge on any atom is -0.469 e. The molecule has 1 aliphatic rings. The number of pyridine rings is 1. The molecule has 1 aromatic rings. The molecule has 1 atom stereocenters. The first-order valence-electron chi connectivity index (χ1n) is 7.27. The van der Waals surface area contributed by atoms with Gasteiger partial charge in [-0.15, -0.1) is 0 Å². The van der Waals surface area contributed by atoms with Gasteiger partial charge in [0.15, 0.2) is 0 Å². The molecule has 1 saturated heterocycles. The van der Waals surface area contributed by atoms with Crippen LogP contribution in [0, 0.1) is 0 Å². The summed E-state index contributed by atoms with van der Waals surface area (Å²) in [5.41, 5.74) is -0.416. The van der Waals surface area contributed by atoms with Crippen molar-refractivity contribution < 1.29 is 18.8 Å². The van der Waals surface area contributed by atoms with Crippen LogP contribution in [0.1, 0.15) is 45.5 Å². The maximum atomic E-state index is 11.7. The van der Waals surface area contributed by atoms with E-state index in [9.17, 15) is 9.59 Å². The third-order valence-corrected chi connectivity index (χ3v) is 4.45. The Hall–Kier alpha value is -1.60. The van der Waals surface area contributed by atoms with Crippen molar-refractivity contribution in [3.63, 3.8) is 0 Å². The molecule has 0 radical (unpaired) electrons. The SMILES string of the molecule is COC(=O)CC(B1OC(C)(C)C(C)(C)O1)c1ccc(=O)[nH]c1. The van der Waals surface area contributed by atoms with E-state index in [1.54, 1.807) is 12.3 Å². The number of carbonyl (C=O) groups is 1. The molecule has 6 nitrogen and oxygen atoms in total. The molecule has 0 aliphatic carbocycles. The largest absolute Gasteiger partial charge is 0.469 e. The average Bonchev–Trinajstić information content (AvgIpc) is 2.65. The summed E-state index contributed by atoms with van der Waals surface area (Å²) in [6, 6.07) is 3.10. The van der Waals surface area contributed by atoms with E-state index in [4.69, 9.17) is 14.0 Å². The van der Waals surface area contributed by atoms with E-state index >= 15 is 0 Å². The summed E-state index contributed by atoms with van der Waals surface area (Å²) < 4.78 is 16.8. The van der Waals surface area contributed by atoms with Gasteiger partial charge < -0.3 is 19.0 Å². The molecule has 0 bridgehead atoms. The molecule has 2 rings (SSSR count). The van der Waals surface area contributed by atoms with E-state index in [0.717, 1.165) is 5.56 Å². The van der Waals surface area contributed by atoms with Crippen LogP contribution in [0.15, 0.2) is 23.1 Å². The number of methoxy groups -OCH3 is 1. The highest BCUT2D eigenvalue weighted by Gasteiger charge is 2.54. The summed E-state index contributed by atoms with van der Waals surface area (Å²) in [6.07, 6.45) is 1.69. The van der Waals surface area contributed by atoms with Gasteiger partial charge in [0.1, 0.15) is 0 Å². The lowest BCUT2D eigenvalue weighted by Crippen LogP contribution is -2.41. The van der Waals surface area contributed by atoms with Gasteiger partial charge in [0, 0.05) is 18.1 Å². The minimum absolute atomic E-state index is 0.110. The summed E-state index contributed by atoms with van der Waals surface area (Å²) in [5.74, 6) is -0.712. The van der Waals surface area contributed by atoms with Crippen molar-refractivity contribution in [2.24, 2.45) is 0 Å². The molecule has 0 aromatic carbocycles. The first kappa shape index (κ1) is 16.8. The minimum atomic E-state index is -0.588. The van der Waals surface area contributed by atoms with Crippen LogP contribution in [-0.4, -0.2) is 36.4 Å². The normalized spacial score (nSPS) is 20.7. The fourth-order valence-electron chi connectivity index (χ4n) is 2.34. The lowest BCUT2D eigenvalue weighted by molar-refractivity contribution is -0.140. The maximum Gasteiger partial charge on any atom is 0.466 e. The monoisotopic (exact) mass is 307 g/mol. The first-order valence-corrected chi connectivity index (χ1v) is 7.27. The molecule has 1 N–H and O–H groups in total. The zero-order valence-corrected chi connectivity index (χ0v) is 13.6. The van der Waals surface area contributed by atoms with E-state index < -0.39 is 18.3 Å². The number of carbonyl (C=O) groups excluding carboxylic acids is 1. The van der Waals surface area contributed by atoms with Gasteiger partial charge in [0.25, 0.3) is 0 Å². The number of hydrogen-bond acceptors (Lipinski definition) is 5. The lowest BCUT2D eigenvalue weighted by atomic mass is 9.66. The number of nitrogens with one attached hydrogen (secondary N) is 1. The number of esters is 1. The van der Waals surface area contributed by atoms with Gasteiger partial charge in [-0.3, -0.25) is 9.59 Å². The quantitative estimate of drug-likeness (QED) is 0.676. The predicted octanol–water partition coefficient (Wildman–Crippen LogP) is 1.65. The second-order valence-corrected chi connectivity index (χ2v) is 6.50. The smallest absolute Gasteiger partial charge is 0.466 e. The Bertz CT molecular complexity index is 574. The van der Waals surface area contributed by atoms with Crippen molar-refractivity contribution in [1.82, 2.24) is 4.98 Å². The Labute approximate surface area is 130 Å². The van der Waals surface area contributed by atoms with Crippen molar-refractivity contribution in [2.75, 3.05) is 7.11 Å². The molecule has 22 heavy (non-hydrogen) atoms. The number of aromatic nitrogens is 1. The zero-order chi connectivity index (χ0) is 16.5. The van der Waals surface area contributed by atoms with Crippen LogP contribution in [0.4, 0.5) is 0 Å². The van der Waals surface area contributed by atoms with Gasteiger partial charge in [-0.1, -0.05) is 6.07 Å². The van der Waals surface area contributed by atoms with Crippen LogP contribution in [0.2, 0.25) is 0 Å². The van der Waals surface area contributed by atoms with Crippen LogP contribution < -0.4 is 5.56 Å². The molecular formula is C15H22BNO5. The van der Waals surface area contributed by atoms with Crippen molar-refractivity contribution in [3.05, 3.63) is 34.2 Å². The van der Waals surface area contributed by atoms with Crippen molar-refractivity contribution in [1.29, 1.82) is 0 Å². The molecule has 0 amide bonds. The Morgan fingerprint density at radius 3 is 2.32 bits per heavy atom. The van der Waals surface area contributed by atoms with Crippen molar-refractivity contribution >= 4 is 13.1 Å². The number of ether oxygens (including phenoxy) is 1. The number of hydrogen-bond donors (Lipinski definition) is 1. The molecule has 0 spiro atoms. The second-order valence-electron chi connectivity index (χ2n) is 6.50. The first-order chi connectivity index (χ1) is 10.2. The predicted molar refractivity (Wildman–Crippen MR) is 82.5 cm³/mol. The van der Waals surface area contributed by atoms with E-state index in [2.05, 4.69) is 4.98 Å². The summed E-state index contributed by atoms with van der Waals surface area (Å²) in [5, 5.41) is 0. The zero-order valence-electron chi connectivity index (χ0n) is 13.6. The van der Waals surface area contributed by atoms with Crippen LogP contribution in [-0.2, 0) is 18.8 Å². The molecule has 2 heterocycles. The van der Waals surface area contributed by atoms with E-state index in [1.807, 2.05) is 27.7 Å². The summed E-state index contributed by atoms with van der Waals surface area (Å²) in [7, 11) is 0.756. The van der Waals surface area contributed by atoms with Crippen molar-refractivity contribution in [3.8, 4) is 0 Å². The van der Waals surface area contributed by atoms with Gasteiger partial charge in [0.05, 0.1) is 24.7 Å². The third-order valence-electron chi connectivity index (χ3n) is 4.45. The standard InChI is InChI=1S/C15H22BNO5/c1-14(2)15(3,4)22-16(21-14)11(8-13(19)20-5)10-6-7-12(18)17-9-10/h6-7,9,11H,8H2,1-5H3,(H,17,18). The van der Waals surface area contributed by atoms with Gasteiger partial charge >= 0.3 is 13.1 Å². The van der Waals surface area contributed by atoms with E-state index in [1.165, 1.54) is 13.2 Å². The molecule has 7 heteroatoms. The van der Waals surface area contributed by atoms with Crippen LogP contribution in [0.25, 0.3) is 0 Å². The van der Waals surface area contributed by atoms with Gasteiger partial charge in [-0.25, -0.2) is 0 Å². The van der Waals surface area contributed by atoms with Gasteiger partial charge in [0.2, 0.25) is 5.56 Å².